The second-order valence-electron chi connectivity index (χ2n) is 3.57. The molecule has 0 aliphatic carbocycles. The van der Waals surface area contributed by atoms with Crippen LogP contribution in [0.3, 0.4) is 0 Å². The Morgan fingerprint density at radius 3 is 2.44 bits per heavy atom. The van der Waals surface area contributed by atoms with Crippen LogP contribution in [0.1, 0.15) is 12.0 Å². The Bertz CT molecular complexity index is 424. The Kier molecular flexibility index (Phi) is 6.54. The third-order valence-corrected chi connectivity index (χ3v) is 2.84. The summed E-state index contributed by atoms with van der Waals surface area (Å²) in [6.45, 7) is 0.614. The van der Waals surface area contributed by atoms with Gasteiger partial charge in [-0.15, -0.1) is 11.6 Å². The Labute approximate surface area is 116 Å². The molecule has 2 N–H and O–H groups in total. The van der Waals surface area contributed by atoms with E-state index in [4.69, 9.17) is 23.2 Å². The van der Waals surface area contributed by atoms with Crippen LogP contribution < -0.4 is 10.6 Å². The fourth-order valence-corrected chi connectivity index (χ4v) is 1.58. The van der Waals surface area contributed by atoms with E-state index in [0.29, 0.717) is 23.9 Å². The number of carbonyl (C=O) groups is 2. The SMILES string of the molecule is O=C(NCCCCl)C(=O)NCc1ccccc1Cl. The van der Waals surface area contributed by atoms with Crippen molar-refractivity contribution in [3.8, 4) is 0 Å². The van der Waals surface area contributed by atoms with Crippen LogP contribution >= 0.6 is 23.2 Å². The van der Waals surface area contributed by atoms with Crippen LogP contribution in [-0.4, -0.2) is 24.2 Å². The first-order valence-electron chi connectivity index (χ1n) is 5.50. The lowest BCUT2D eigenvalue weighted by Gasteiger charge is -2.07. The number of hydrogen-bond donors (Lipinski definition) is 2. The molecule has 1 aromatic rings. The molecule has 0 radical (unpaired) electrons. The second kappa shape index (κ2) is 7.95. The van der Waals surface area contributed by atoms with Gasteiger partial charge in [0.05, 0.1) is 0 Å². The Morgan fingerprint density at radius 1 is 1.11 bits per heavy atom. The number of amides is 2. The van der Waals surface area contributed by atoms with Gasteiger partial charge in [-0.2, -0.15) is 0 Å². The van der Waals surface area contributed by atoms with Crippen molar-refractivity contribution in [1.29, 1.82) is 0 Å². The van der Waals surface area contributed by atoms with Crippen LogP contribution in [0, 0.1) is 0 Å². The molecule has 0 bridgehead atoms. The summed E-state index contributed by atoms with van der Waals surface area (Å²) in [4.78, 5) is 22.7. The third kappa shape index (κ3) is 4.94. The van der Waals surface area contributed by atoms with E-state index >= 15 is 0 Å². The predicted molar refractivity (Wildman–Crippen MR) is 71.6 cm³/mol. The molecule has 2 amide bonds. The van der Waals surface area contributed by atoms with Gasteiger partial charge in [0, 0.05) is 24.0 Å². The van der Waals surface area contributed by atoms with Crippen molar-refractivity contribution in [2.45, 2.75) is 13.0 Å². The van der Waals surface area contributed by atoms with Gasteiger partial charge in [-0.25, -0.2) is 0 Å². The number of halogens is 2. The summed E-state index contributed by atoms with van der Waals surface area (Å²) < 4.78 is 0. The first kappa shape index (κ1) is 14.8. The standard InChI is InChI=1S/C12H14Cl2N2O2/c13-6-3-7-15-11(17)12(18)16-8-9-4-1-2-5-10(9)14/h1-2,4-5H,3,6-8H2,(H,15,17)(H,16,18). The minimum Gasteiger partial charge on any atom is -0.348 e. The van der Waals surface area contributed by atoms with E-state index in [1.54, 1.807) is 18.2 Å². The molecular weight excluding hydrogens is 275 g/mol. The van der Waals surface area contributed by atoms with E-state index in [2.05, 4.69) is 10.6 Å². The van der Waals surface area contributed by atoms with E-state index in [1.807, 2.05) is 6.07 Å². The molecule has 0 fully saturated rings. The normalized spacial score (nSPS) is 9.89. The van der Waals surface area contributed by atoms with Crippen LogP contribution in [0.2, 0.25) is 5.02 Å². The van der Waals surface area contributed by atoms with Crippen molar-refractivity contribution < 1.29 is 9.59 Å². The first-order valence-corrected chi connectivity index (χ1v) is 6.41. The van der Waals surface area contributed by atoms with Gasteiger partial charge in [0.25, 0.3) is 0 Å². The maximum absolute atomic E-state index is 11.4. The number of hydrogen-bond acceptors (Lipinski definition) is 2. The van der Waals surface area contributed by atoms with E-state index in [0.717, 1.165) is 5.56 Å². The Hall–Kier alpha value is -1.26. The summed E-state index contributed by atoms with van der Waals surface area (Å²) in [5.74, 6) is -0.890. The molecule has 0 heterocycles. The molecule has 6 heteroatoms. The highest BCUT2D eigenvalue weighted by atomic mass is 35.5. The highest BCUT2D eigenvalue weighted by Crippen LogP contribution is 2.13. The van der Waals surface area contributed by atoms with Gasteiger partial charge >= 0.3 is 11.8 Å². The zero-order chi connectivity index (χ0) is 13.4. The Balaban J connectivity index is 2.37. The summed E-state index contributed by atoms with van der Waals surface area (Å²) in [5.41, 5.74) is 0.765. The smallest absolute Gasteiger partial charge is 0.309 e. The van der Waals surface area contributed by atoms with E-state index < -0.39 is 11.8 Å². The molecule has 0 saturated carbocycles. The molecule has 18 heavy (non-hydrogen) atoms. The molecule has 1 rings (SSSR count). The monoisotopic (exact) mass is 288 g/mol. The van der Waals surface area contributed by atoms with E-state index in [1.165, 1.54) is 0 Å². The minimum absolute atomic E-state index is 0.224. The topological polar surface area (TPSA) is 58.2 Å². The summed E-state index contributed by atoms with van der Waals surface area (Å²) in [7, 11) is 0. The zero-order valence-corrected chi connectivity index (χ0v) is 11.2. The van der Waals surface area contributed by atoms with Crippen molar-refractivity contribution in [2.75, 3.05) is 12.4 Å². The van der Waals surface area contributed by atoms with Gasteiger partial charge in [-0.1, -0.05) is 29.8 Å². The average molecular weight is 289 g/mol. The zero-order valence-electron chi connectivity index (χ0n) is 9.71. The van der Waals surface area contributed by atoms with Gasteiger partial charge in [-0.05, 0) is 18.1 Å². The fourth-order valence-electron chi connectivity index (χ4n) is 1.25. The number of nitrogens with one attached hydrogen (secondary N) is 2. The van der Waals surface area contributed by atoms with Gasteiger partial charge in [-0.3, -0.25) is 9.59 Å². The molecule has 98 valence electrons. The third-order valence-electron chi connectivity index (χ3n) is 2.20. The van der Waals surface area contributed by atoms with Crippen molar-refractivity contribution in [3.05, 3.63) is 34.9 Å². The lowest BCUT2D eigenvalue weighted by Crippen LogP contribution is -2.40. The molecule has 0 aliphatic heterocycles. The molecule has 1 aromatic carbocycles. The largest absolute Gasteiger partial charge is 0.348 e. The minimum atomic E-state index is -0.676. The van der Waals surface area contributed by atoms with Crippen LogP contribution in [0.5, 0.6) is 0 Å². The van der Waals surface area contributed by atoms with Gasteiger partial charge < -0.3 is 10.6 Å². The second-order valence-corrected chi connectivity index (χ2v) is 4.36. The van der Waals surface area contributed by atoms with Gasteiger partial charge in [0.2, 0.25) is 0 Å². The molecule has 0 saturated heterocycles. The molecule has 0 unspecified atom stereocenters. The highest BCUT2D eigenvalue weighted by Gasteiger charge is 2.12. The van der Waals surface area contributed by atoms with Crippen LogP contribution in [0.4, 0.5) is 0 Å². The van der Waals surface area contributed by atoms with Crippen molar-refractivity contribution in [3.63, 3.8) is 0 Å². The van der Waals surface area contributed by atoms with Crippen LogP contribution in [-0.2, 0) is 16.1 Å². The van der Waals surface area contributed by atoms with Crippen molar-refractivity contribution >= 4 is 35.0 Å². The molecule has 0 aromatic heterocycles. The van der Waals surface area contributed by atoms with Gasteiger partial charge in [0.1, 0.15) is 0 Å². The molecule has 0 atom stereocenters. The van der Waals surface area contributed by atoms with Gasteiger partial charge in [0.15, 0.2) is 0 Å². The fraction of sp³-hybridized carbons (Fsp3) is 0.333. The van der Waals surface area contributed by atoms with E-state index in [-0.39, 0.29) is 6.54 Å². The lowest BCUT2D eigenvalue weighted by molar-refractivity contribution is -0.139. The molecular formula is C12H14Cl2N2O2. The summed E-state index contributed by atoms with van der Waals surface area (Å²) in [6, 6.07) is 7.12. The molecule has 0 spiro atoms. The lowest BCUT2D eigenvalue weighted by atomic mass is 10.2. The number of rotatable bonds is 5. The molecule has 4 nitrogen and oxygen atoms in total. The maximum atomic E-state index is 11.4. The number of alkyl halides is 1. The van der Waals surface area contributed by atoms with Crippen molar-refractivity contribution in [2.24, 2.45) is 0 Å². The highest BCUT2D eigenvalue weighted by molar-refractivity contribution is 6.35. The summed E-state index contributed by atoms with van der Waals surface area (Å²) in [5, 5.41) is 5.52. The van der Waals surface area contributed by atoms with Crippen LogP contribution in [0.15, 0.2) is 24.3 Å². The average Bonchev–Trinajstić information content (AvgIpc) is 2.37. The van der Waals surface area contributed by atoms with Crippen LogP contribution in [0.25, 0.3) is 0 Å². The summed E-state index contributed by atoms with van der Waals surface area (Å²) in [6.07, 6.45) is 0.630. The first-order chi connectivity index (χ1) is 8.65. The number of benzene rings is 1. The number of carbonyl (C=O) groups excluding carboxylic acids is 2. The summed E-state index contributed by atoms with van der Waals surface area (Å²) >= 11 is 11.4. The molecule has 0 aliphatic rings. The predicted octanol–water partition coefficient (Wildman–Crippen LogP) is 1.70. The van der Waals surface area contributed by atoms with Crippen molar-refractivity contribution in [1.82, 2.24) is 10.6 Å². The van der Waals surface area contributed by atoms with E-state index in [9.17, 15) is 9.59 Å². The quantitative estimate of drug-likeness (QED) is 0.492. The maximum Gasteiger partial charge on any atom is 0.309 e. The Morgan fingerprint density at radius 2 is 1.78 bits per heavy atom.